The van der Waals surface area contributed by atoms with Gasteiger partial charge in [-0.3, -0.25) is 0 Å². The number of hydrogen-bond donors (Lipinski definition) is 1. The lowest BCUT2D eigenvalue weighted by atomic mass is 10.1. The lowest BCUT2D eigenvalue weighted by Crippen LogP contribution is -1.90. The minimum absolute atomic E-state index is 0.213. The predicted molar refractivity (Wildman–Crippen MR) is 55.7 cm³/mol. The summed E-state index contributed by atoms with van der Waals surface area (Å²) in [4.78, 5) is 8.20. The Hall–Kier alpha value is -2.10. The maximum Gasteiger partial charge on any atom is 0.232 e. The van der Waals surface area contributed by atoms with E-state index in [-0.39, 0.29) is 5.75 Å². The molecule has 2 aromatic rings. The van der Waals surface area contributed by atoms with Gasteiger partial charge in [-0.25, -0.2) is 9.97 Å². The van der Waals surface area contributed by atoms with Gasteiger partial charge in [-0.15, -0.1) is 0 Å². The fourth-order valence-corrected chi connectivity index (χ4v) is 1.24. The van der Waals surface area contributed by atoms with E-state index in [9.17, 15) is 5.11 Å². The molecule has 0 unspecified atom stereocenters. The number of methoxy groups -OCH3 is 1. The number of phenolic OH excluding ortho intramolecular Hbond substituents is 1. The van der Waals surface area contributed by atoms with Gasteiger partial charge in [-0.2, -0.15) is 0 Å². The summed E-state index contributed by atoms with van der Waals surface area (Å²) < 4.78 is 4.91. The lowest BCUT2D eigenvalue weighted by molar-refractivity contribution is 0.396. The smallest absolute Gasteiger partial charge is 0.232 e. The molecule has 0 aliphatic rings. The van der Waals surface area contributed by atoms with E-state index in [1.165, 1.54) is 7.11 Å². The largest absolute Gasteiger partial charge is 0.508 e. The highest BCUT2D eigenvalue weighted by molar-refractivity contribution is 5.59. The van der Waals surface area contributed by atoms with Crippen molar-refractivity contribution in [1.82, 2.24) is 9.97 Å². The van der Waals surface area contributed by atoms with E-state index in [0.717, 1.165) is 5.56 Å². The van der Waals surface area contributed by atoms with Gasteiger partial charge >= 0.3 is 0 Å². The van der Waals surface area contributed by atoms with Gasteiger partial charge in [0.05, 0.1) is 25.2 Å². The van der Waals surface area contributed by atoms with Gasteiger partial charge in [0, 0.05) is 5.56 Å². The van der Waals surface area contributed by atoms with Crippen LogP contribution in [0.2, 0.25) is 0 Å². The van der Waals surface area contributed by atoms with Crippen LogP contribution in [-0.2, 0) is 0 Å². The first-order valence-electron chi connectivity index (χ1n) is 4.45. The first kappa shape index (κ1) is 9.45. The van der Waals surface area contributed by atoms with Crippen LogP contribution < -0.4 is 4.74 Å². The van der Waals surface area contributed by atoms with E-state index in [4.69, 9.17) is 4.74 Å². The average Bonchev–Trinajstić information content (AvgIpc) is 2.29. The van der Waals surface area contributed by atoms with Gasteiger partial charge in [0.2, 0.25) is 5.88 Å². The van der Waals surface area contributed by atoms with Crippen molar-refractivity contribution in [2.45, 2.75) is 0 Å². The van der Waals surface area contributed by atoms with Gasteiger partial charge < -0.3 is 9.84 Å². The number of rotatable bonds is 2. The molecular formula is C11H10N2O2. The van der Waals surface area contributed by atoms with Crippen LogP contribution in [0.5, 0.6) is 11.6 Å². The number of phenols is 1. The molecule has 4 nitrogen and oxygen atoms in total. The van der Waals surface area contributed by atoms with Crippen LogP contribution in [0.3, 0.4) is 0 Å². The zero-order valence-corrected chi connectivity index (χ0v) is 8.21. The molecule has 1 aromatic carbocycles. The minimum Gasteiger partial charge on any atom is -0.508 e. The van der Waals surface area contributed by atoms with E-state index in [1.807, 2.05) is 6.07 Å². The fourth-order valence-electron chi connectivity index (χ4n) is 1.24. The van der Waals surface area contributed by atoms with Crippen molar-refractivity contribution in [3.8, 4) is 22.9 Å². The van der Waals surface area contributed by atoms with Crippen molar-refractivity contribution in [2.24, 2.45) is 0 Å². The fraction of sp³-hybridized carbons (Fsp3) is 0.0909. The zero-order valence-electron chi connectivity index (χ0n) is 8.21. The Morgan fingerprint density at radius 2 is 2.07 bits per heavy atom. The topological polar surface area (TPSA) is 55.2 Å². The molecule has 0 spiro atoms. The van der Waals surface area contributed by atoms with Gasteiger partial charge in [-0.05, 0) is 12.1 Å². The summed E-state index contributed by atoms with van der Waals surface area (Å²) in [6.07, 6.45) is 3.15. The van der Waals surface area contributed by atoms with Crippen molar-refractivity contribution < 1.29 is 9.84 Å². The first-order chi connectivity index (χ1) is 7.29. The Kier molecular flexibility index (Phi) is 2.49. The Bertz CT molecular complexity index is 454. The molecule has 1 aromatic heterocycles. The van der Waals surface area contributed by atoms with E-state index in [0.29, 0.717) is 11.6 Å². The Balaban J connectivity index is 2.37. The molecule has 76 valence electrons. The number of aromatic nitrogens is 2. The normalized spacial score (nSPS) is 9.93. The highest BCUT2D eigenvalue weighted by Crippen LogP contribution is 2.21. The van der Waals surface area contributed by atoms with Gasteiger partial charge in [-0.1, -0.05) is 12.1 Å². The molecule has 2 rings (SSSR count). The SMILES string of the molecule is COc1cnc(-c2cccc(O)c2)cn1. The molecule has 0 saturated carbocycles. The molecule has 0 radical (unpaired) electrons. The third kappa shape index (κ3) is 2.04. The minimum atomic E-state index is 0.213. The quantitative estimate of drug-likeness (QED) is 0.807. The maximum atomic E-state index is 9.30. The van der Waals surface area contributed by atoms with Crippen LogP contribution >= 0.6 is 0 Å². The summed E-state index contributed by atoms with van der Waals surface area (Å²) in [5.41, 5.74) is 1.52. The molecule has 15 heavy (non-hydrogen) atoms. The van der Waals surface area contributed by atoms with Gasteiger partial charge in [0.25, 0.3) is 0 Å². The molecule has 0 aliphatic heterocycles. The van der Waals surface area contributed by atoms with Gasteiger partial charge in [0.15, 0.2) is 0 Å². The predicted octanol–water partition coefficient (Wildman–Crippen LogP) is 1.86. The van der Waals surface area contributed by atoms with Crippen molar-refractivity contribution in [3.63, 3.8) is 0 Å². The van der Waals surface area contributed by atoms with Crippen LogP contribution in [-0.4, -0.2) is 22.2 Å². The van der Waals surface area contributed by atoms with Gasteiger partial charge in [0.1, 0.15) is 5.75 Å². The van der Waals surface area contributed by atoms with E-state index in [2.05, 4.69) is 9.97 Å². The number of ether oxygens (including phenoxy) is 1. The highest BCUT2D eigenvalue weighted by atomic mass is 16.5. The summed E-state index contributed by atoms with van der Waals surface area (Å²) in [6.45, 7) is 0. The first-order valence-corrected chi connectivity index (χ1v) is 4.45. The molecule has 0 atom stereocenters. The van der Waals surface area contributed by atoms with E-state index >= 15 is 0 Å². The molecule has 0 bridgehead atoms. The molecule has 4 heteroatoms. The Labute approximate surface area is 87.2 Å². The molecule has 0 aliphatic carbocycles. The number of benzene rings is 1. The van der Waals surface area contributed by atoms with Crippen LogP contribution in [0.1, 0.15) is 0 Å². The summed E-state index contributed by atoms with van der Waals surface area (Å²) in [7, 11) is 1.54. The average molecular weight is 202 g/mol. The summed E-state index contributed by atoms with van der Waals surface area (Å²) in [5, 5.41) is 9.30. The molecular weight excluding hydrogens is 192 g/mol. The molecule has 0 saturated heterocycles. The standard InChI is InChI=1S/C11H10N2O2/c1-15-11-7-12-10(6-13-11)8-3-2-4-9(14)5-8/h2-7,14H,1H3. The summed E-state index contributed by atoms with van der Waals surface area (Å²) in [5.74, 6) is 0.684. The van der Waals surface area contributed by atoms with Crippen LogP contribution in [0.25, 0.3) is 11.3 Å². The summed E-state index contributed by atoms with van der Waals surface area (Å²) in [6, 6.07) is 6.86. The molecule has 0 amide bonds. The molecule has 1 heterocycles. The van der Waals surface area contributed by atoms with Crippen LogP contribution in [0.15, 0.2) is 36.7 Å². The lowest BCUT2D eigenvalue weighted by Gasteiger charge is -2.02. The summed E-state index contributed by atoms with van der Waals surface area (Å²) >= 11 is 0. The Morgan fingerprint density at radius 3 is 2.67 bits per heavy atom. The van der Waals surface area contributed by atoms with Crippen molar-refractivity contribution in [1.29, 1.82) is 0 Å². The third-order valence-corrected chi connectivity index (χ3v) is 1.98. The highest BCUT2D eigenvalue weighted by Gasteiger charge is 2.01. The monoisotopic (exact) mass is 202 g/mol. The van der Waals surface area contributed by atoms with Crippen LogP contribution in [0, 0.1) is 0 Å². The second-order valence-corrected chi connectivity index (χ2v) is 2.99. The molecule has 0 fully saturated rings. The van der Waals surface area contributed by atoms with Crippen LogP contribution in [0.4, 0.5) is 0 Å². The number of aromatic hydroxyl groups is 1. The zero-order chi connectivity index (χ0) is 10.7. The third-order valence-electron chi connectivity index (χ3n) is 1.98. The number of nitrogens with zero attached hydrogens (tertiary/aromatic N) is 2. The van der Waals surface area contributed by atoms with Crippen molar-refractivity contribution in [3.05, 3.63) is 36.7 Å². The maximum absolute atomic E-state index is 9.30. The van der Waals surface area contributed by atoms with Crippen molar-refractivity contribution >= 4 is 0 Å². The number of hydrogen-bond acceptors (Lipinski definition) is 4. The Morgan fingerprint density at radius 1 is 1.20 bits per heavy atom. The van der Waals surface area contributed by atoms with Crippen molar-refractivity contribution in [2.75, 3.05) is 7.11 Å². The molecule has 1 N–H and O–H groups in total. The second-order valence-electron chi connectivity index (χ2n) is 2.99. The van der Waals surface area contributed by atoms with E-state index < -0.39 is 0 Å². The second kappa shape index (κ2) is 3.96. The van der Waals surface area contributed by atoms with E-state index in [1.54, 1.807) is 30.6 Å².